The van der Waals surface area contributed by atoms with Crippen LogP contribution in [-0.4, -0.2) is 60.5 Å². The van der Waals surface area contributed by atoms with Crippen LogP contribution in [0, 0.1) is 10.1 Å². The van der Waals surface area contributed by atoms with Gasteiger partial charge in [-0.05, 0) is 39.5 Å². The van der Waals surface area contributed by atoms with E-state index in [1.807, 2.05) is 13.8 Å². The van der Waals surface area contributed by atoms with Gasteiger partial charge in [-0.3, -0.25) is 4.84 Å². The van der Waals surface area contributed by atoms with Crippen molar-refractivity contribution in [3.05, 3.63) is 22.5 Å². The summed E-state index contributed by atoms with van der Waals surface area (Å²) in [5.41, 5.74) is 2.15. The van der Waals surface area contributed by atoms with Gasteiger partial charge in [0.2, 0.25) is 0 Å². The van der Waals surface area contributed by atoms with E-state index in [0.29, 0.717) is 12.3 Å². The zero-order valence-electron chi connectivity index (χ0n) is 16.1. The summed E-state index contributed by atoms with van der Waals surface area (Å²) < 4.78 is 1.26. The normalized spacial score (nSPS) is 13.8. The zero-order valence-corrected chi connectivity index (χ0v) is 16.1. The summed E-state index contributed by atoms with van der Waals surface area (Å²) in [5.74, 6) is -0.347. The fraction of sp³-hybridized carbons (Fsp3) is 0.667. The molecule has 0 aliphatic heterocycles. The average molecular weight is 385 g/mol. The molecule has 0 aliphatic rings. The van der Waals surface area contributed by atoms with Crippen molar-refractivity contribution in [2.24, 2.45) is 10.3 Å². The molecule has 0 radical (unpaired) electrons. The Morgan fingerprint density at radius 2 is 2.00 bits per heavy atom. The molecule has 0 saturated heterocycles. The molecule has 0 saturated carbocycles. The quantitative estimate of drug-likeness (QED) is 0.145. The van der Waals surface area contributed by atoms with Gasteiger partial charge in [0.1, 0.15) is 24.7 Å². The molecule has 12 nitrogen and oxygen atoms in total. The molecular formula is C15H27N7O5. The van der Waals surface area contributed by atoms with Gasteiger partial charge in [-0.2, -0.15) is 5.48 Å². The lowest BCUT2D eigenvalue weighted by molar-refractivity contribution is -0.396. The molecule has 1 aromatic heterocycles. The lowest BCUT2D eigenvalue weighted by atomic mass is 9.99. The molecule has 0 fully saturated rings. The van der Waals surface area contributed by atoms with Gasteiger partial charge < -0.3 is 25.8 Å². The smallest absolute Gasteiger partial charge is 0.411 e. The maximum absolute atomic E-state index is 10.9. The van der Waals surface area contributed by atoms with E-state index in [-0.39, 0.29) is 24.8 Å². The van der Waals surface area contributed by atoms with Crippen LogP contribution in [0.1, 0.15) is 34.6 Å². The van der Waals surface area contributed by atoms with Crippen molar-refractivity contribution >= 4 is 17.4 Å². The Balaban J connectivity index is 2.58. The topological polar surface area (TPSA) is 159 Å². The number of rotatable bonds is 11. The minimum atomic E-state index is -0.898. The van der Waals surface area contributed by atoms with E-state index in [1.54, 1.807) is 20.8 Å². The molecule has 0 amide bonds. The summed E-state index contributed by atoms with van der Waals surface area (Å²) >= 11 is 0. The summed E-state index contributed by atoms with van der Waals surface area (Å²) in [4.78, 5) is 19.4. The molecule has 0 aromatic carbocycles. The molecule has 0 aliphatic carbocycles. The minimum Gasteiger partial charge on any atom is -0.411 e. The summed E-state index contributed by atoms with van der Waals surface area (Å²) in [6.07, 6.45) is 2.73. The van der Waals surface area contributed by atoms with Crippen molar-refractivity contribution in [1.82, 2.24) is 20.3 Å². The third-order valence-electron chi connectivity index (χ3n) is 4.17. The van der Waals surface area contributed by atoms with E-state index in [9.17, 15) is 15.3 Å². The second-order valence-electron chi connectivity index (χ2n) is 6.97. The van der Waals surface area contributed by atoms with Crippen molar-refractivity contribution in [3.63, 3.8) is 0 Å². The Labute approximate surface area is 157 Å². The number of hydrogen-bond donors (Lipinski definition) is 4. The second kappa shape index (κ2) is 9.39. The third-order valence-corrected chi connectivity index (χ3v) is 4.17. The molecule has 1 aromatic rings. The van der Waals surface area contributed by atoms with Gasteiger partial charge in [-0.25, -0.2) is 4.57 Å². The first-order chi connectivity index (χ1) is 12.5. The Morgan fingerprint density at radius 1 is 1.33 bits per heavy atom. The highest BCUT2D eigenvalue weighted by Crippen LogP contribution is 2.13. The number of nitro groups is 1. The van der Waals surface area contributed by atoms with Crippen LogP contribution in [0.5, 0.6) is 0 Å². The largest absolute Gasteiger partial charge is 0.434 e. The lowest BCUT2D eigenvalue weighted by Crippen LogP contribution is -2.50. The number of hydrogen-bond acceptors (Lipinski definition) is 10. The Bertz CT molecular complexity index is 696. The number of aromatic nitrogens is 2. The van der Waals surface area contributed by atoms with E-state index in [2.05, 4.69) is 26.1 Å². The van der Waals surface area contributed by atoms with Crippen molar-refractivity contribution < 1.29 is 20.2 Å². The summed E-state index contributed by atoms with van der Waals surface area (Å²) in [6.45, 7) is 9.57. The summed E-state index contributed by atoms with van der Waals surface area (Å²) in [6, 6.07) is 0. The number of nitrogens with one attached hydrogen (secondary N) is 2. The average Bonchev–Trinajstić information content (AvgIpc) is 3.06. The molecule has 4 N–H and O–H groups in total. The van der Waals surface area contributed by atoms with E-state index in [0.717, 1.165) is 0 Å². The number of imidazole rings is 1. The zero-order chi connectivity index (χ0) is 20.7. The molecule has 0 unspecified atom stereocenters. The van der Waals surface area contributed by atoms with Gasteiger partial charge in [0, 0.05) is 6.54 Å². The van der Waals surface area contributed by atoms with Crippen molar-refractivity contribution in [1.29, 1.82) is 0 Å². The lowest BCUT2D eigenvalue weighted by Gasteiger charge is -2.28. The van der Waals surface area contributed by atoms with E-state index < -0.39 is 16.0 Å². The van der Waals surface area contributed by atoms with Crippen LogP contribution in [0.15, 0.2) is 22.7 Å². The standard InChI is InChI=1S/C15H27N7O5/c1-11(18-23)14(2,3)17-7-9-27-20-15(4,5)12(19-24)10-21-8-6-16-13(21)22(25)26/h6,8,17,20,23-24H,7,9-10H2,1-5H3/b18-11+,19-12+. The van der Waals surface area contributed by atoms with Crippen molar-refractivity contribution in [3.8, 4) is 0 Å². The van der Waals surface area contributed by atoms with Gasteiger partial charge >= 0.3 is 5.95 Å². The molecule has 27 heavy (non-hydrogen) atoms. The first kappa shape index (κ1) is 22.5. The van der Waals surface area contributed by atoms with Crippen LogP contribution in [-0.2, 0) is 11.4 Å². The van der Waals surface area contributed by atoms with Gasteiger partial charge in [0.05, 0.1) is 23.4 Å². The highest BCUT2D eigenvalue weighted by Gasteiger charge is 2.29. The van der Waals surface area contributed by atoms with Gasteiger partial charge in [-0.15, -0.1) is 0 Å². The predicted molar refractivity (Wildman–Crippen MR) is 98.2 cm³/mol. The molecule has 1 rings (SSSR count). The predicted octanol–water partition coefficient (Wildman–Crippen LogP) is 1.14. The minimum absolute atomic E-state index is 0.0341. The number of nitrogens with zero attached hydrogens (tertiary/aromatic N) is 5. The Morgan fingerprint density at radius 3 is 2.56 bits per heavy atom. The molecule has 0 bridgehead atoms. The number of hydroxylamine groups is 1. The maximum atomic E-state index is 10.9. The van der Waals surface area contributed by atoms with Crippen molar-refractivity contribution in [2.75, 3.05) is 13.2 Å². The highest BCUT2D eigenvalue weighted by atomic mass is 16.6. The Hall–Kier alpha value is -2.57. The SMILES string of the molecule is C/C(=N\O)C(C)(C)NCCONC(C)(C)/C(Cn1ccnc1[N+](=O)[O-])=N/O. The third kappa shape index (κ3) is 6.27. The molecule has 0 atom stereocenters. The molecule has 1 heterocycles. The van der Waals surface area contributed by atoms with E-state index >= 15 is 0 Å². The monoisotopic (exact) mass is 385 g/mol. The maximum Gasteiger partial charge on any atom is 0.434 e. The van der Waals surface area contributed by atoms with Gasteiger partial charge in [0.25, 0.3) is 0 Å². The fourth-order valence-corrected chi connectivity index (χ4v) is 2.07. The van der Waals surface area contributed by atoms with Crippen LogP contribution in [0.25, 0.3) is 0 Å². The molecular weight excluding hydrogens is 358 g/mol. The van der Waals surface area contributed by atoms with Crippen LogP contribution in [0.3, 0.4) is 0 Å². The summed E-state index contributed by atoms with van der Waals surface area (Å²) in [5, 5.41) is 38.7. The first-order valence-corrected chi connectivity index (χ1v) is 8.25. The Kier molecular flexibility index (Phi) is 7.82. The molecule has 0 spiro atoms. The summed E-state index contributed by atoms with van der Waals surface area (Å²) in [7, 11) is 0. The first-order valence-electron chi connectivity index (χ1n) is 8.25. The van der Waals surface area contributed by atoms with E-state index in [4.69, 9.17) is 10.0 Å². The van der Waals surface area contributed by atoms with Crippen LogP contribution >= 0.6 is 0 Å². The highest BCUT2D eigenvalue weighted by molar-refractivity contribution is 5.92. The fourth-order valence-electron chi connectivity index (χ4n) is 2.07. The van der Waals surface area contributed by atoms with Gasteiger partial charge in [-0.1, -0.05) is 15.3 Å². The van der Waals surface area contributed by atoms with Crippen LogP contribution in [0.4, 0.5) is 5.95 Å². The van der Waals surface area contributed by atoms with E-state index in [1.165, 1.54) is 17.0 Å². The van der Waals surface area contributed by atoms with Crippen molar-refractivity contribution in [2.45, 2.75) is 52.2 Å². The van der Waals surface area contributed by atoms with Crippen LogP contribution in [0.2, 0.25) is 0 Å². The van der Waals surface area contributed by atoms with Gasteiger partial charge in [0.15, 0.2) is 0 Å². The number of oxime groups is 2. The second-order valence-corrected chi connectivity index (χ2v) is 6.97. The molecule has 12 heteroatoms. The molecule has 152 valence electrons. The van der Waals surface area contributed by atoms with Crippen LogP contribution < -0.4 is 10.8 Å².